The van der Waals surface area contributed by atoms with Crippen LogP contribution in [0.1, 0.15) is 25.5 Å². The molecule has 5 nitrogen and oxygen atoms in total. The molecule has 0 aromatic carbocycles. The SMILES string of the molecule is CC(C1CC1)N(C)CCn1cc(CN)nn1. The van der Waals surface area contributed by atoms with Crippen molar-refractivity contribution >= 4 is 0 Å². The van der Waals surface area contributed by atoms with E-state index in [4.69, 9.17) is 5.73 Å². The van der Waals surface area contributed by atoms with Crippen LogP contribution in [0.4, 0.5) is 0 Å². The highest BCUT2D eigenvalue weighted by atomic mass is 15.4. The predicted molar refractivity (Wildman–Crippen MR) is 62.7 cm³/mol. The van der Waals surface area contributed by atoms with Crippen molar-refractivity contribution in [1.82, 2.24) is 19.9 Å². The van der Waals surface area contributed by atoms with Crippen LogP contribution < -0.4 is 5.73 Å². The molecule has 1 aliphatic carbocycles. The first-order chi connectivity index (χ1) is 7.70. The third kappa shape index (κ3) is 2.80. The molecule has 1 aromatic rings. The van der Waals surface area contributed by atoms with Crippen LogP contribution in [0.5, 0.6) is 0 Å². The highest BCUT2D eigenvalue weighted by Crippen LogP contribution is 2.34. The van der Waals surface area contributed by atoms with E-state index >= 15 is 0 Å². The molecule has 2 rings (SSSR count). The highest BCUT2D eigenvalue weighted by Gasteiger charge is 2.30. The second-order valence-electron chi connectivity index (χ2n) is 4.74. The second-order valence-corrected chi connectivity index (χ2v) is 4.74. The Labute approximate surface area is 96.6 Å². The average Bonchev–Trinajstić information content (AvgIpc) is 3.04. The minimum absolute atomic E-state index is 0.467. The zero-order chi connectivity index (χ0) is 11.5. The van der Waals surface area contributed by atoms with E-state index in [1.165, 1.54) is 12.8 Å². The van der Waals surface area contributed by atoms with Gasteiger partial charge in [-0.2, -0.15) is 0 Å². The monoisotopic (exact) mass is 223 g/mol. The number of aromatic nitrogens is 3. The Morgan fingerprint density at radius 1 is 1.62 bits per heavy atom. The lowest BCUT2D eigenvalue weighted by atomic mass is 10.2. The minimum atomic E-state index is 0.467. The van der Waals surface area contributed by atoms with Gasteiger partial charge in [-0.05, 0) is 32.7 Å². The van der Waals surface area contributed by atoms with E-state index in [0.29, 0.717) is 12.6 Å². The van der Waals surface area contributed by atoms with Gasteiger partial charge in [0.25, 0.3) is 0 Å². The molecular formula is C11H21N5. The molecule has 1 aliphatic rings. The van der Waals surface area contributed by atoms with Crippen molar-refractivity contribution < 1.29 is 0 Å². The van der Waals surface area contributed by atoms with Crippen LogP contribution in [0.15, 0.2) is 6.20 Å². The largest absolute Gasteiger partial charge is 0.325 e. The Balaban J connectivity index is 1.77. The van der Waals surface area contributed by atoms with Crippen molar-refractivity contribution in [1.29, 1.82) is 0 Å². The number of hydrogen-bond acceptors (Lipinski definition) is 4. The molecule has 1 aromatic heterocycles. The van der Waals surface area contributed by atoms with E-state index in [2.05, 4.69) is 29.2 Å². The molecule has 1 heterocycles. The molecule has 2 N–H and O–H groups in total. The van der Waals surface area contributed by atoms with Crippen molar-refractivity contribution in [3.8, 4) is 0 Å². The van der Waals surface area contributed by atoms with Crippen molar-refractivity contribution in [2.45, 2.75) is 38.9 Å². The molecule has 0 spiro atoms. The summed E-state index contributed by atoms with van der Waals surface area (Å²) >= 11 is 0. The molecule has 0 amide bonds. The van der Waals surface area contributed by atoms with Crippen molar-refractivity contribution in [2.24, 2.45) is 11.7 Å². The summed E-state index contributed by atoms with van der Waals surface area (Å²) in [5.41, 5.74) is 6.35. The van der Waals surface area contributed by atoms with Gasteiger partial charge >= 0.3 is 0 Å². The Morgan fingerprint density at radius 2 is 2.38 bits per heavy atom. The van der Waals surface area contributed by atoms with Crippen LogP contribution in [0.2, 0.25) is 0 Å². The topological polar surface area (TPSA) is 60.0 Å². The summed E-state index contributed by atoms with van der Waals surface area (Å²) in [4.78, 5) is 2.40. The average molecular weight is 223 g/mol. The smallest absolute Gasteiger partial charge is 0.0962 e. The molecule has 1 fully saturated rings. The zero-order valence-corrected chi connectivity index (χ0v) is 10.1. The Bertz CT molecular complexity index is 331. The van der Waals surface area contributed by atoms with E-state index in [1.807, 2.05) is 10.9 Å². The molecule has 5 heteroatoms. The van der Waals surface area contributed by atoms with Gasteiger partial charge in [0, 0.05) is 25.3 Å². The van der Waals surface area contributed by atoms with Crippen molar-refractivity contribution in [2.75, 3.05) is 13.6 Å². The van der Waals surface area contributed by atoms with Crippen LogP contribution >= 0.6 is 0 Å². The zero-order valence-electron chi connectivity index (χ0n) is 10.1. The fourth-order valence-corrected chi connectivity index (χ4v) is 1.94. The van der Waals surface area contributed by atoms with Gasteiger partial charge in [-0.15, -0.1) is 5.10 Å². The maximum atomic E-state index is 5.49. The quantitative estimate of drug-likeness (QED) is 0.761. The minimum Gasteiger partial charge on any atom is -0.325 e. The van der Waals surface area contributed by atoms with Gasteiger partial charge in [-0.1, -0.05) is 5.21 Å². The lowest BCUT2D eigenvalue weighted by Gasteiger charge is -2.24. The normalized spacial score (nSPS) is 18.0. The van der Waals surface area contributed by atoms with Gasteiger partial charge in [0.2, 0.25) is 0 Å². The van der Waals surface area contributed by atoms with Crippen molar-refractivity contribution in [3.05, 3.63) is 11.9 Å². The highest BCUT2D eigenvalue weighted by molar-refractivity contribution is 4.90. The van der Waals surface area contributed by atoms with E-state index in [0.717, 1.165) is 24.7 Å². The number of nitrogens with two attached hydrogens (primary N) is 1. The first-order valence-corrected chi connectivity index (χ1v) is 6.00. The van der Waals surface area contributed by atoms with E-state index < -0.39 is 0 Å². The van der Waals surface area contributed by atoms with Gasteiger partial charge < -0.3 is 10.6 Å². The van der Waals surface area contributed by atoms with Gasteiger partial charge in [-0.25, -0.2) is 0 Å². The molecule has 1 saturated carbocycles. The molecule has 0 aliphatic heterocycles. The lowest BCUT2D eigenvalue weighted by molar-refractivity contribution is 0.222. The summed E-state index contributed by atoms with van der Waals surface area (Å²) in [5, 5.41) is 8.01. The third-order valence-corrected chi connectivity index (χ3v) is 3.48. The molecule has 90 valence electrons. The summed E-state index contributed by atoms with van der Waals surface area (Å²) < 4.78 is 1.87. The van der Waals surface area contributed by atoms with Gasteiger partial charge in [0.1, 0.15) is 0 Å². The number of likely N-dealkylation sites (N-methyl/N-ethyl adjacent to an activating group) is 1. The first-order valence-electron chi connectivity index (χ1n) is 6.00. The summed E-state index contributed by atoms with van der Waals surface area (Å²) in [6, 6.07) is 0.692. The molecule has 0 radical (unpaired) electrons. The maximum Gasteiger partial charge on any atom is 0.0962 e. The van der Waals surface area contributed by atoms with Crippen LogP contribution in [0.3, 0.4) is 0 Å². The van der Waals surface area contributed by atoms with Crippen LogP contribution in [-0.2, 0) is 13.1 Å². The van der Waals surface area contributed by atoms with Crippen molar-refractivity contribution in [3.63, 3.8) is 0 Å². The number of rotatable bonds is 6. The Kier molecular flexibility index (Phi) is 3.56. The molecule has 0 bridgehead atoms. The summed E-state index contributed by atoms with van der Waals surface area (Å²) in [6.45, 7) is 4.68. The fraction of sp³-hybridized carbons (Fsp3) is 0.818. The van der Waals surface area contributed by atoms with Gasteiger partial charge in [0.15, 0.2) is 0 Å². The molecular weight excluding hydrogens is 202 g/mol. The Morgan fingerprint density at radius 3 is 2.94 bits per heavy atom. The predicted octanol–water partition coefficient (Wildman–Crippen LogP) is 0.467. The molecule has 1 atom stereocenters. The molecule has 16 heavy (non-hydrogen) atoms. The molecule has 1 unspecified atom stereocenters. The van der Waals surface area contributed by atoms with Crippen LogP contribution in [0, 0.1) is 5.92 Å². The van der Waals surface area contributed by atoms with Crippen LogP contribution in [-0.4, -0.2) is 39.5 Å². The molecule has 0 saturated heterocycles. The van der Waals surface area contributed by atoms with E-state index in [9.17, 15) is 0 Å². The van der Waals surface area contributed by atoms with E-state index in [1.54, 1.807) is 0 Å². The summed E-state index contributed by atoms with van der Waals surface area (Å²) in [7, 11) is 2.18. The Hall–Kier alpha value is -0.940. The summed E-state index contributed by atoms with van der Waals surface area (Å²) in [6.07, 6.45) is 4.72. The standard InChI is InChI=1S/C11H21N5/c1-9(10-3-4-10)15(2)5-6-16-8-11(7-12)13-14-16/h8-10H,3-7,12H2,1-2H3. The van der Waals surface area contributed by atoms with Gasteiger partial charge in [-0.3, -0.25) is 4.68 Å². The number of nitrogens with zero attached hydrogens (tertiary/aromatic N) is 4. The summed E-state index contributed by atoms with van der Waals surface area (Å²) in [5.74, 6) is 0.917. The lowest BCUT2D eigenvalue weighted by Crippen LogP contribution is -2.33. The van der Waals surface area contributed by atoms with Crippen LogP contribution in [0.25, 0.3) is 0 Å². The van der Waals surface area contributed by atoms with E-state index in [-0.39, 0.29) is 0 Å². The maximum absolute atomic E-state index is 5.49. The van der Waals surface area contributed by atoms with Gasteiger partial charge in [0.05, 0.1) is 12.2 Å². The first kappa shape index (κ1) is 11.5. The second kappa shape index (κ2) is 4.93. The fourth-order valence-electron chi connectivity index (χ4n) is 1.94. The third-order valence-electron chi connectivity index (χ3n) is 3.48. The number of hydrogen-bond donors (Lipinski definition) is 1.